The van der Waals surface area contributed by atoms with Gasteiger partial charge in [0.2, 0.25) is 0 Å². The molecule has 0 bridgehead atoms. The normalized spacial score (nSPS) is 31.2. The second-order valence-electron chi connectivity index (χ2n) is 6.03. The molecule has 1 fully saturated rings. The number of hydrogen-bond acceptors (Lipinski definition) is 2. The lowest BCUT2D eigenvalue weighted by molar-refractivity contribution is -0.0522. The number of rotatable bonds is 3. The molecule has 0 radical (unpaired) electrons. The van der Waals surface area contributed by atoms with Crippen molar-refractivity contribution in [3.63, 3.8) is 0 Å². The maximum Gasteiger partial charge on any atom is 0.165 e. The minimum atomic E-state index is -0.701. The van der Waals surface area contributed by atoms with Crippen LogP contribution in [0.1, 0.15) is 38.7 Å². The number of hydrogen-bond donors (Lipinski definition) is 1. The van der Waals surface area contributed by atoms with E-state index in [-0.39, 0.29) is 17.5 Å². The van der Waals surface area contributed by atoms with Crippen LogP contribution >= 0.6 is 0 Å². The average molecular weight is 266 g/mol. The van der Waals surface area contributed by atoms with Gasteiger partial charge in [-0.1, -0.05) is 19.9 Å². The third-order valence-corrected chi connectivity index (χ3v) is 4.47. The molecular formula is C16H23FO2. The summed E-state index contributed by atoms with van der Waals surface area (Å²) >= 11 is 0. The summed E-state index contributed by atoms with van der Waals surface area (Å²) in [5, 5.41) is 10.8. The summed E-state index contributed by atoms with van der Waals surface area (Å²) in [4.78, 5) is 0. The SMILES string of the molecule is COc1ccc(CC2(O)CCC(C)CC2C)cc1F. The van der Waals surface area contributed by atoms with E-state index < -0.39 is 5.60 Å². The largest absolute Gasteiger partial charge is 0.494 e. The topological polar surface area (TPSA) is 29.5 Å². The second-order valence-corrected chi connectivity index (χ2v) is 6.03. The van der Waals surface area contributed by atoms with Crippen molar-refractivity contribution < 1.29 is 14.2 Å². The Bertz CT molecular complexity index is 446. The lowest BCUT2D eigenvalue weighted by Gasteiger charge is -2.41. The van der Waals surface area contributed by atoms with E-state index in [0.29, 0.717) is 12.3 Å². The van der Waals surface area contributed by atoms with Crippen molar-refractivity contribution >= 4 is 0 Å². The minimum Gasteiger partial charge on any atom is -0.494 e. The number of benzene rings is 1. The minimum absolute atomic E-state index is 0.251. The summed E-state index contributed by atoms with van der Waals surface area (Å²) in [5.74, 6) is 0.811. The number of aliphatic hydroxyl groups is 1. The summed E-state index contributed by atoms with van der Waals surface area (Å²) in [6, 6.07) is 4.94. The zero-order valence-electron chi connectivity index (χ0n) is 11.9. The standard InChI is InChI=1S/C16H23FO2/c1-11-6-7-16(18,12(2)8-11)10-13-4-5-15(19-3)14(17)9-13/h4-5,9,11-12,18H,6-8,10H2,1-3H3. The molecule has 106 valence electrons. The smallest absolute Gasteiger partial charge is 0.165 e. The van der Waals surface area contributed by atoms with Crippen LogP contribution < -0.4 is 4.74 Å². The summed E-state index contributed by atoms with van der Waals surface area (Å²) in [5.41, 5.74) is 0.135. The molecule has 1 aromatic rings. The first-order valence-electron chi connectivity index (χ1n) is 6.99. The van der Waals surface area contributed by atoms with E-state index in [1.54, 1.807) is 6.07 Å². The zero-order valence-corrected chi connectivity index (χ0v) is 11.9. The van der Waals surface area contributed by atoms with Gasteiger partial charge in [-0.05, 0) is 48.8 Å². The van der Waals surface area contributed by atoms with Gasteiger partial charge >= 0.3 is 0 Å². The Kier molecular flexibility index (Phi) is 4.14. The molecule has 0 amide bonds. The summed E-state index contributed by atoms with van der Waals surface area (Å²) in [6.07, 6.45) is 3.39. The highest BCUT2D eigenvalue weighted by atomic mass is 19.1. The molecule has 0 aliphatic heterocycles. The predicted molar refractivity (Wildman–Crippen MR) is 73.8 cm³/mol. The molecule has 0 saturated heterocycles. The third-order valence-electron chi connectivity index (χ3n) is 4.47. The molecule has 1 aromatic carbocycles. The van der Waals surface area contributed by atoms with Crippen LogP contribution in [0.5, 0.6) is 5.75 Å². The van der Waals surface area contributed by atoms with Crippen molar-refractivity contribution in [2.45, 2.75) is 45.1 Å². The van der Waals surface area contributed by atoms with Crippen LogP contribution in [0.15, 0.2) is 18.2 Å². The van der Waals surface area contributed by atoms with E-state index in [0.717, 1.165) is 24.8 Å². The zero-order chi connectivity index (χ0) is 14.0. The molecule has 3 unspecified atom stereocenters. The van der Waals surface area contributed by atoms with Gasteiger partial charge in [0.15, 0.2) is 11.6 Å². The van der Waals surface area contributed by atoms with Crippen molar-refractivity contribution in [2.24, 2.45) is 11.8 Å². The van der Waals surface area contributed by atoms with Crippen molar-refractivity contribution in [1.82, 2.24) is 0 Å². The molecule has 1 aliphatic rings. The van der Waals surface area contributed by atoms with Crippen molar-refractivity contribution in [1.29, 1.82) is 0 Å². The van der Waals surface area contributed by atoms with E-state index in [4.69, 9.17) is 4.74 Å². The summed E-state index contributed by atoms with van der Waals surface area (Å²) in [6.45, 7) is 4.32. The van der Waals surface area contributed by atoms with Crippen LogP contribution in [0.4, 0.5) is 4.39 Å². The molecule has 3 heteroatoms. The Morgan fingerprint density at radius 3 is 2.74 bits per heavy atom. The Balaban J connectivity index is 2.14. The van der Waals surface area contributed by atoms with Crippen molar-refractivity contribution in [3.05, 3.63) is 29.6 Å². The molecule has 0 spiro atoms. The second kappa shape index (κ2) is 5.49. The predicted octanol–water partition coefficient (Wildman–Crippen LogP) is 3.56. The van der Waals surface area contributed by atoms with Gasteiger partial charge in [-0.3, -0.25) is 0 Å². The molecule has 0 heterocycles. The van der Waals surface area contributed by atoms with Crippen LogP contribution in [0.2, 0.25) is 0 Å². The van der Waals surface area contributed by atoms with Gasteiger partial charge in [-0.2, -0.15) is 0 Å². The number of ether oxygens (including phenoxy) is 1. The number of halogens is 1. The van der Waals surface area contributed by atoms with E-state index in [9.17, 15) is 9.50 Å². The molecule has 2 rings (SSSR count). The summed E-state index contributed by atoms with van der Waals surface area (Å²) < 4.78 is 18.6. The monoisotopic (exact) mass is 266 g/mol. The van der Waals surface area contributed by atoms with Crippen molar-refractivity contribution in [3.8, 4) is 5.75 Å². The van der Waals surface area contributed by atoms with Crippen LogP contribution in [0, 0.1) is 17.7 Å². The van der Waals surface area contributed by atoms with Gasteiger partial charge in [-0.15, -0.1) is 0 Å². The van der Waals surface area contributed by atoms with Gasteiger partial charge < -0.3 is 9.84 Å². The Hall–Kier alpha value is -1.09. The van der Waals surface area contributed by atoms with Crippen LogP contribution in [0.3, 0.4) is 0 Å². The van der Waals surface area contributed by atoms with Crippen LogP contribution in [-0.2, 0) is 6.42 Å². The number of methoxy groups -OCH3 is 1. The maximum absolute atomic E-state index is 13.7. The van der Waals surface area contributed by atoms with Crippen LogP contribution in [0.25, 0.3) is 0 Å². The van der Waals surface area contributed by atoms with E-state index in [2.05, 4.69) is 13.8 Å². The third kappa shape index (κ3) is 3.08. The first-order chi connectivity index (χ1) is 8.94. The first kappa shape index (κ1) is 14.3. The lowest BCUT2D eigenvalue weighted by Crippen LogP contribution is -2.43. The van der Waals surface area contributed by atoms with E-state index in [1.807, 2.05) is 6.07 Å². The fourth-order valence-electron chi connectivity index (χ4n) is 3.12. The fourth-order valence-corrected chi connectivity index (χ4v) is 3.12. The molecular weight excluding hydrogens is 243 g/mol. The highest BCUT2D eigenvalue weighted by Crippen LogP contribution is 2.39. The molecule has 3 atom stereocenters. The molecule has 1 aliphatic carbocycles. The highest BCUT2D eigenvalue weighted by molar-refractivity contribution is 5.30. The molecule has 1 saturated carbocycles. The first-order valence-corrected chi connectivity index (χ1v) is 6.99. The summed E-state index contributed by atoms with van der Waals surface area (Å²) in [7, 11) is 1.45. The van der Waals surface area contributed by atoms with E-state index >= 15 is 0 Å². The lowest BCUT2D eigenvalue weighted by atomic mass is 9.70. The van der Waals surface area contributed by atoms with Gasteiger partial charge in [0.05, 0.1) is 12.7 Å². The Labute approximate surface area is 114 Å². The molecule has 2 nitrogen and oxygen atoms in total. The Morgan fingerprint density at radius 2 is 2.16 bits per heavy atom. The van der Waals surface area contributed by atoms with Gasteiger partial charge in [0.1, 0.15) is 0 Å². The van der Waals surface area contributed by atoms with Gasteiger partial charge in [0, 0.05) is 6.42 Å². The fraction of sp³-hybridized carbons (Fsp3) is 0.625. The van der Waals surface area contributed by atoms with Crippen LogP contribution in [-0.4, -0.2) is 17.8 Å². The van der Waals surface area contributed by atoms with E-state index in [1.165, 1.54) is 13.2 Å². The van der Waals surface area contributed by atoms with Gasteiger partial charge in [0.25, 0.3) is 0 Å². The average Bonchev–Trinajstić information content (AvgIpc) is 2.35. The van der Waals surface area contributed by atoms with Crippen molar-refractivity contribution in [2.75, 3.05) is 7.11 Å². The van der Waals surface area contributed by atoms with Gasteiger partial charge in [-0.25, -0.2) is 4.39 Å². The quantitative estimate of drug-likeness (QED) is 0.906. The molecule has 0 aromatic heterocycles. The molecule has 1 N–H and O–H groups in total. The Morgan fingerprint density at radius 1 is 1.42 bits per heavy atom. The maximum atomic E-state index is 13.7. The molecule has 19 heavy (non-hydrogen) atoms. The highest BCUT2D eigenvalue weighted by Gasteiger charge is 2.38.